The Morgan fingerprint density at radius 2 is 2.11 bits per heavy atom. The third kappa shape index (κ3) is 5.98. The lowest BCUT2D eigenvalue weighted by atomic mass is 10.2. The van der Waals surface area contributed by atoms with E-state index in [1.54, 1.807) is 16.8 Å². The summed E-state index contributed by atoms with van der Waals surface area (Å²) in [6, 6.07) is 1.63. The standard InChI is InChI=1S/C10H13O7PS/c11-9(12)2-1-8(10(13)14)17-18(15,16)5-7-3-4-19-6-7/h3-4,6,8H,1-2,5H2,(H,11,12)(H,13,14)(H,15,16). The van der Waals surface area contributed by atoms with Crippen molar-refractivity contribution in [3.63, 3.8) is 0 Å². The van der Waals surface area contributed by atoms with Crippen LogP contribution < -0.4 is 0 Å². The van der Waals surface area contributed by atoms with Crippen molar-refractivity contribution in [2.75, 3.05) is 0 Å². The highest BCUT2D eigenvalue weighted by Gasteiger charge is 2.30. The highest BCUT2D eigenvalue weighted by molar-refractivity contribution is 7.52. The van der Waals surface area contributed by atoms with Gasteiger partial charge in [-0.3, -0.25) is 13.9 Å². The number of carbonyl (C=O) groups is 2. The van der Waals surface area contributed by atoms with Crippen LogP contribution in [-0.4, -0.2) is 33.1 Å². The third-order valence-corrected chi connectivity index (χ3v) is 4.23. The van der Waals surface area contributed by atoms with Gasteiger partial charge < -0.3 is 15.1 Å². The first-order valence-electron chi connectivity index (χ1n) is 5.26. The molecule has 0 radical (unpaired) electrons. The second kappa shape index (κ2) is 6.81. The molecule has 0 saturated carbocycles. The maximum atomic E-state index is 11.8. The summed E-state index contributed by atoms with van der Waals surface area (Å²) in [6.07, 6.45) is -2.72. The van der Waals surface area contributed by atoms with E-state index in [-0.39, 0.29) is 12.6 Å². The second-order valence-electron chi connectivity index (χ2n) is 3.79. The normalized spacial score (nSPS) is 15.6. The molecule has 0 aliphatic carbocycles. The molecule has 1 aromatic heterocycles. The zero-order valence-electron chi connectivity index (χ0n) is 9.76. The van der Waals surface area contributed by atoms with Gasteiger partial charge in [0.15, 0.2) is 6.10 Å². The number of aliphatic carboxylic acids is 2. The van der Waals surface area contributed by atoms with Crippen LogP contribution in [0.3, 0.4) is 0 Å². The fourth-order valence-electron chi connectivity index (χ4n) is 1.33. The Bertz CT molecular complexity index is 484. The number of hydrogen-bond acceptors (Lipinski definition) is 5. The van der Waals surface area contributed by atoms with E-state index in [2.05, 4.69) is 4.52 Å². The Morgan fingerprint density at radius 3 is 2.58 bits per heavy atom. The number of carboxylic acid groups (broad SMARTS) is 2. The van der Waals surface area contributed by atoms with E-state index in [0.717, 1.165) is 0 Å². The highest BCUT2D eigenvalue weighted by Crippen LogP contribution is 2.47. The molecule has 2 unspecified atom stereocenters. The number of hydrogen-bond donors (Lipinski definition) is 3. The molecule has 0 bridgehead atoms. The Morgan fingerprint density at radius 1 is 1.42 bits per heavy atom. The average Bonchev–Trinajstić information content (AvgIpc) is 2.75. The lowest BCUT2D eigenvalue weighted by Crippen LogP contribution is -2.24. The number of carboxylic acids is 2. The van der Waals surface area contributed by atoms with Gasteiger partial charge in [-0.2, -0.15) is 11.3 Å². The minimum Gasteiger partial charge on any atom is -0.481 e. The molecule has 3 N–H and O–H groups in total. The smallest absolute Gasteiger partial charge is 0.333 e. The van der Waals surface area contributed by atoms with Gasteiger partial charge >= 0.3 is 19.5 Å². The molecule has 2 atom stereocenters. The van der Waals surface area contributed by atoms with E-state index < -0.39 is 32.1 Å². The van der Waals surface area contributed by atoms with Gasteiger partial charge in [-0.15, -0.1) is 0 Å². The molecule has 19 heavy (non-hydrogen) atoms. The molecule has 0 spiro atoms. The summed E-state index contributed by atoms with van der Waals surface area (Å²) in [7, 11) is -4.12. The molecule has 0 fully saturated rings. The molecule has 7 nitrogen and oxygen atoms in total. The lowest BCUT2D eigenvalue weighted by Gasteiger charge is -2.17. The van der Waals surface area contributed by atoms with Gasteiger partial charge in [0, 0.05) is 6.42 Å². The van der Waals surface area contributed by atoms with Gasteiger partial charge in [-0.25, -0.2) is 4.79 Å². The molecule has 9 heteroatoms. The molecule has 0 aliphatic heterocycles. The van der Waals surface area contributed by atoms with Crippen LogP contribution >= 0.6 is 18.9 Å². The molecule has 106 valence electrons. The van der Waals surface area contributed by atoms with Crippen LogP contribution in [0.25, 0.3) is 0 Å². The van der Waals surface area contributed by atoms with Crippen LogP contribution in [0.5, 0.6) is 0 Å². The number of rotatable bonds is 8. The molecule has 1 rings (SSSR count). The van der Waals surface area contributed by atoms with Crippen molar-refractivity contribution in [3.05, 3.63) is 22.4 Å². The van der Waals surface area contributed by atoms with Crippen LogP contribution in [0, 0.1) is 0 Å². The van der Waals surface area contributed by atoms with Crippen molar-refractivity contribution in [3.8, 4) is 0 Å². The quantitative estimate of drug-likeness (QED) is 0.626. The summed E-state index contributed by atoms with van der Waals surface area (Å²) in [5.41, 5.74) is 0.568. The van der Waals surface area contributed by atoms with E-state index >= 15 is 0 Å². The maximum Gasteiger partial charge on any atom is 0.333 e. The van der Waals surface area contributed by atoms with Crippen LogP contribution in [0.2, 0.25) is 0 Å². The minimum atomic E-state index is -4.12. The van der Waals surface area contributed by atoms with E-state index in [9.17, 15) is 19.0 Å². The first-order valence-corrected chi connectivity index (χ1v) is 7.96. The van der Waals surface area contributed by atoms with Crippen molar-refractivity contribution >= 4 is 30.9 Å². The predicted octanol–water partition coefficient (Wildman–Crippen LogP) is 1.77. The molecular formula is C10H13O7PS. The van der Waals surface area contributed by atoms with E-state index in [1.165, 1.54) is 11.3 Å². The highest BCUT2D eigenvalue weighted by atomic mass is 32.1. The summed E-state index contributed by atoms with van der Waals surface area (Å²) < 4.78 is 16.4. The van der Waals surface area contributed by atoms with E-state index in [0.29, 0.717) is 5.56 Å². The van der Waals surface area contributed by atoms with Crippen LogP contribution in [0.15, 0.2) is 16.8 Å². The molecule has 0 aliphatic rings. The average molecular weight is 308 g/mol. The Labute approximate surface area is 113 Å². The lowest BCUT2D eigenvalue weighted by molar-refractivity contribution is -0.146. The van der Waals surface area contributed by atoms with Crippen molar-refractivity contribution in [2.24, 2.45) is 0 Å². The second-order valence-corrected chi connectivity index (χ2v) is 6.37. The van der Waals surface area contributed by atoms with Crippen molar-refractivity contribution in [1.82, 2.24) is 0 Å². The SMILES string of the molecule is O=C(O)CCC(OP(=O)(O)Cc1ccsc1)C(=O)O. The fraction of sp³-hybridized carbons (Fsp3) is 0.400. The van der Waals surface area contributed by atoms with E-state index in [1.807, 2.05) is 0 Å². The van der Waals surface area contributed by atoms with Gasteiger partial charge in [0.2, 0.25) is 0 Å². The van der Waals surface area contributed by atoms with Crippen LogP contribution in [0.4, 0.5) is 0 Å². The molecule has 1 heterocycles. The summed E-state index contributed by atoms with van der Waals surface area (Å²) in [6.45, 7) is 0. The Kier molecular flexibility index (Phi) is 5.68. The summed E-state index contributed by atoms with van der Waals surface area (Å²) in [5, 5.41) is 20.7. The topological polar surface area (TPSA) is 121 Å². The first-order chi connectivity index (χ1) is 8.80. The van der Waals surface area contributed by atoms with Gasteiger partial charge in [0.05, 0.1) is 6.16 Å². The van der Waals surface area contributed by atoms with Gasteiger partial charge in [-0.05, 0) is 28.8 Å². The van der Waals surface area contributed by atoms with Crippen LogP contribution in [-0.2, 0) is 24.8 Å². The molecule has 1 aromatic rings. The van der Waals surface area contributed by atoms with Crippen molar-refractivity contribution < 1.29 is 33.8 Å². The molecular weight excluding hydrogens is 295 g/mol. The summed E-state index contributed by atoms with van der Waals surface area (Å²) >= 11 is 1.34. The zero-order chi connectivity index (χ0) is 14.5. The maximum absolute atomic E-state index is 11.8. The zero-order valence-corrected chi connectivity index (χ0v) is 11.5. The summed E-state index contributed by atoms with van der Waals surface area (Å²) in [5.74, 6) is -2.65. The van der Waals surface area contributed by atoms with Gasteiger partial charge in [0.1, 0.15) is 0 Å². The Balaban J connectivity index is 2.63. The molecule has 0 saturated heterocycles. The van der Waals surface area contributed by atoms with Gasteiger partial charge in [-0.1, -0.05) is 0 Å². The van der Waals surface area contributed by atoms with Gasteiger partial charge in [0.25, 0.3) is 0 Å². The van der Waals surface area contributed by atoms with Crippen molar-refractivity contribution in [1.29, 1.82) is 0 Å². The fourth-order valence-corrected chi connectivity index (χ4v) is 3.44. The van der Waals surface area contributed by atoms with Crippen molar-refractivity contribution in [2.45, 2.75) is 25.1 Å². The monoisotopic (exact) mass is 308 g/mol. The molecule has 0 aromatic carbocycles. The van der Waals surface area contributed by atoms with E-state index in [4.69, 9.17) is 10.2 Å². The predicted molar refractivity (Wildman–Crippen MR) is 67.2 cm³/mol. The summed E-state index contributed by atoms with van der Waals surface area (Å²) in [4.78, 5) is 30.8. The molecule has 0 amide bonds. The minimum absolute atomic E-state index is 0.298. The Hall–Kier alpha value is -1.21. The van der Waals surface area contributed by atoms with Crippen LogP contribution in [0.1, 0.15) is 18.4 Å². The first kappa shape index (κ1) is 15.8. The third-order valence-electron chi connectivity index (χ3n) is 2.15. The number of thiophene rings is 1. The largest absolute Gasteiger partial charge is 0.481 e.